The molecule has 13 heavy (non-hydrogen) atoms. The maximum Gasteiger partial charge on any atom is 0.330 e. The van der Waals surface area contributed by atoms with Crippen LogP contribution in [-0.4, -0.2) is 12.6 Å². The molecule has 0 amide bonds. The van der Waals surface area contributed by atoms with E-state index in [4.69, 9.17) is 4.74 Å². The Hall–Kier alpha value is -0.790. The molecule has 0 aromatic rings. The molecule has 0 heterocycles. The number of ether oxygens (including phenoxy) is 1. The molecule has 0 N–H and O–H groups in total. The van der Waals surface area contributed by atoms with Crippen LogP contribution in [0.15, 0.2) is 12.7 Å². The van der Waals surface area contributed by atoms with Gasteiger partial charge in [-0.3, -0.25) is 0 Å². The van der Waals surface area contributed by atoms with Crippen LogP contribution in [0.4, 0.5) is 0 Å². The van der Waals surface area contributed by atoms with Gasteiger partial charge in [-0.05, 0) is 18.3 Å². The van der Waals surface area contributed by atoms with Crippen LogP contribution in [0.2, 0.25) is 0 Å². The van der Waals surface area contributed by atoms with Crippen LogP contribution < -0.4 is 0 Å². The first-order valence-electron chi connectivity index (χ1n) is 4.85. The van der Waals surface area contributed by atoms with E-state index in [2.05, 4.69) is 27.4 Å². The third kappa shape index (κ3) is 7.57. The molecule has 1 atom stereocenters. The zero-order chi connectivity index (χ0) is 10.3. The summed E-state index contributed by atoms with van der Waals surface area (Å²) in [5.74, 6) is 0.847. The summed E-state index contributed by atoms with van der Waals surface area (Å²) in [7, 11) is 0. The third-order valence-corrected chi connectivity index (χ3v) is 1.91. The third-order valence-electron chi connectivity index (χ3n) is 1.91. The van der Waals surface area contributed by atoms with Crippen LogP contribution in [0.5, 0.6) is 0 Å². The molecule has 0 aromatic heterocycles. The van der Waals surface area contributed by atoms with E-state index in [0.29, 0.717) is 12.5 Å². The summed E-state index contributed by atoms with van der Waals surface area (Å²) < 4.78 is 4.93. The normalized spacial score (nSPS) is 12.6. The molecule has 0 fully saturated rings. The summed E-state index contributed by atoms with van der Waals surface area (Å²) in [6.07, 6.45) is 3.50. The zero-order valence-corrected chi connectivity index (χ0v) is 8.88. The number of carbonyl (C=O) groups excluding carboxylic acids is 1. The van der Waals surface area contributed by atoms with Crippen molar-refractivity contribution in [2.45, 2.75) is 33.6 Å². The SMILES string of the molecule is C=CC(=O)OCC(C)CCC(C)C. The maximum atomic E-state index is 10.7. The first-order chi connectivity index (χ1) is 6.06. The lowest BCUT2D eigenvalue weighted by molar-refractivity contribution is -0.139. The van der Waals surface area contributed by atoms with Crippen molar-refractivity contribution < 1.29 is 9.53 Å². The van der Waals surface area contributed by atoms with Gasteiger partial charge < -0.3 is 4.74 Å². The highest BCUT2D eigenvalue weighted by atomic mass is 16.5. The molecule has 0 aromatic carbocycles. The highest BCUT2D eigenvalue weighted by Gasteiger charge is 2.05. The van der Waals surface area contributed by atoms with Crippen molar-refractivity contribution in [3.8, 4) is 0 Å². The summed E-state index contributed by atoms with van der Waals surface area (Å²) in [6, 6.07) is 0. The number of rotatable bonds is 6. The Morgan fingerprint density at radius 3 is 2.46 bits per heavy atom. The summed E-state index contributed by atoms with van der Waals surface area (Å²) in [4.78, 5) is 10.7. The van der Waals surface area contributed by atoms with Crippen LogP contribution >= 0.6 is 0 Å². The Labute approximate surface area is 81.0 Å². The van der Waals surface area contributed by atoms with E-state index in [1.165, 1.54) is 12.5 Å². The minimum Gasteiger partial charge on any atom is -0.462 e. The average Bonchev–Trinajstić information content (AvgIpc) is 2.10. The molecule has 0 bridgehead atoms. The Morgan fingerprint density at radius 2 is 2.00 bits per heavy atom. The number of esters is 1. The van der Waals surface area contributed by atoms with E-state index < -0.39 is 0 Å². The number of carbonyl (C=O) groups is 1. The minimum absolute atomic E-state index is 0.323. The Kier molecular flexibility index (Phi) is 6.29. The van der Waals surface area contributed by atoms with Gasteiger partial charge in [-0.25, -0.2) is 4.79 Å². The molecule has 0 radical (unpaired) electrons. The lowest BCUT2D eigenvalue weighted by atomic mass is 10.0. The van der Waals surface area contributed by atoms with Gasteiger partial charge in [0, 0.05) is 6.08 Å². The Balaban J connectivity index is 3.45. The van der Waals surface area contributed by atoms with Gasteiger partial charge in [0.2, 0.25) is 0 Å². The second-order valence-corrected chi connectivity index (χ2v) is 3.91. The highest BCUT2D eigenvalue weighted by Crippen LogP contribution is 2.11. The topological polar surface area (TPSA) is 26.3 Å². The fourth-order valence-electron chi connectivity index (χ4n) is 0.985. The van der Waals surface area contributed by atoms with E-state index in [0.717, 1.165) is 12.3 Å². The molecule has 0 spiro atoms. The van der Waals surface area contributed by atoms with E-state index in [1.54, 1.807) is 0 Å². The summed E-state index contributed by atoms with van der Waals surface area (Å²) >= 11 is 0. The minimum atomic E-state index is -0.323. The van der Waals surface area contributed by atoms with Gasteiger partial charge in [0.1, 0.15) is 0 Å². The predicted molar refractivity (Wildman–Crippen MR) is 54.4 cm³/mol. The maximum absolute atomic E-state index is 10.7. The standard InChI is InChI=1S/C11H20O2/c1-5-11(12)13-8-10(4)7-6-9(2)3/h5,9-10H,1,6-8H2,2-4H3. The molecule has 0 aliphatic rings. The predicted octanol–water partition coefficient (Wildman–Crippen LogP) is 2.79. The van der Waals surface area contributed by atoms with Gasteiger partial charge in [-0.2, -0.15) is 0 Å². The first kappa shape index (κ1) is 12.2. The second-order valence-electron chi connectivity index (χ2n) is 3.91. The summed E-state index contributed by atoms with van der Waals surface area (Å²) in [5, 5.41) is 0. The van der Waals surface area contributed by atoms with Crippen molar-refractivity contribution in [3.63, 3.8) is 0 Å². The van der Waals surface area contributed by atoms with Gasteiger partial charge in [-0.1, -0.05) is 33.8 Å². The first-order valence-corrected chi connectivity index (χ1v) is 4.85. The molecular formula is C11H20O2. The van der Waals surface area contributed by atoms with E-state index in [9.17, 15) is 4.79 Å². The lowest BCUT2D eigenvalue weighted by Gasteiger charge is -2.12. The summed E-state index contributed by atoms with van der Waals surface area (Å²) in [6.45, 7) is 10.3. The highest BCUT2D eigenvalue weighted by molar-refractivity contribution is 5.81. The second kappa shape index (κ2) is 6.70. The van der Waals surface area contributed by atoms with Gasteiger partial charge in [0.25, 0.3) is 0 Å². The van der Waals surface area contributed by atoms with Gasteiger partial charge in [0.15, 0.2) is 0 Å². The van der Waals surface area contributed by atoms with Gasteiger partial charge in [0.05, 0.1) is 6.61 Å². The number of hydrogen-bond acceptors (Lipinski definition) is 2. The quantitative estimate of drug-likeness (QED) is 0.468. The van der Waals surface area contributed by atoms with Crippen molar-refractivity contribution in [1.82, 2.24) is 0 Å². The van der Waals surface area contributed by atoms with Gasteiger partial charge >= 0.3 is 5.97 Å². The fraction of sp³-hybridized carbons (Fsp3) is 0.727. The monoisotopic (exact) mass is 184 g/mol. The summed E-state index contributed by atoms with van der Waals surface area (Å²) in [5.41, 5.74) is 0. The van der Waals surface area contributed by atoms with Crippen molar-refractivity contribution in [3.05, 3.63) is 12.7 Å². The van der Waals surface area contributed by atoms with Crippen LogP contribution in [0.3, 0.4) is 0 Å². The van der Waals surface area contributed by atoms with E-state index in [-0.39, 0.29) is 5.97 Å². The zero-order valence-electron chi connectivity index (χ0n) is 8.88. The Morgan fingerprint density at radius 1 is 1.38 bits per heavy atom. The molecule has 1 unspecified atom stereocenters. The van der Waals surface area contributed by atoms with E-state index >= 15 is 0 Å². The molecule has 0 aliphatic carbocycles. The Bertz CT molecular complexity index is 161. The molecular weight excluding hydrogens is 164 g/mol. The largest absolute Gasteiger partial charge is 0.462 e. The van der Waals surface area contributed by atoms with Crippen molar-refractivity contribution in [2.24, 2.45) is 11.8 Å². The van der Waals surface area contributed by atoms with Crippen LogP contribution in [0, 0.1) is 11.8 Å². The van der Waals surface area contributed by atoms with Gasteiger partial charge in [-0.15, -0.1) is 0 Å². The van der Waals surface area contributed by atoms with Crippen LogP contribution in [-0.2, 0) is 9.53 Å². The van der Waals surface area contributed by atoms with Crippen molar-refractivity contribution in [2.75, 3.05) is 6.61 Å². The molecule has 0 saturated carbocycles. The molecule has 0 saturated heterocycles. The smallest absolute Gasteiger partial charge is 0.330 e. The van der Waals surface area contributed by atoms with E-state index in [1.807, 2.05) is 0 Å². The average molecular weight is 184 g/mol. The number of hydrogen-bond donors (Lipinski definition) is 0. The van der Waals surface area contributed by atoms with Crippen molar-refractivity contribution in [1.29, 1.82) is 0 Å². The van der Waals surface area contributed by atoms with Crippen LogP contribution in [0.1, 0.15) is 33.6 Å². The molecule has 0 rings (SSSR count). The molecule has 2 heteroatoms. The molecule has 2 nitrogen and oxygen atoms in total. The van der Waals surface area contributed by atoms with Crippen molar-refractivity contribution >= 4 is 5.97 Å². The van der Waals surface area contributed by atoms with Crippen LogP contribution in [0.25, 0.3) is 0 Å². The lowest BCUT2D eigenvalue weighted by Crippen LogP contribution is -2.10. The molecule has 76 valence electrons. The molecule has 0 aliphatic heterocycles. The fourth-order valence-corrected chi connectivity index (χ4v) is 0.985.